The van der Waals surface area contributed by atoms with Gasteiger partial charge in [0.2, 0.25) is 0 Å². The Bertz CT molecular complexity index is 1180. The maximum Gasteiger partial charge on any atom is 0.419 e. The molecule has 10 heteroatoms. The Morgan fingerprint density at radius 1 is 0.906 bits per heavy atom. The zero-order valence-electron chi connectivity index (χ0n) is 16.3. The summed E-state index contributed by atoms with van der Waals surface area (Å²) in [5, 5.41) is 1.78. The Kier molecular flexibility index (Phi) is 6.96. The fraction of sp³-hybridized carbons (Fsp3) is 0.0909. The summed E-state index contributed by atoms with van der Waals surface area (Å²) in [6.45, 7) is 1.81. The molecule has 5 nitrogen and oxygen atoms in total. The lowest BCUT2D eigenvalue weighted by Crippen LogP contribution is -2.33. The van der Waals surface area contributed by atoms with E-state index in [0.717, 1.165) is 23.8 Å². The highest BCUT2D eigenvalue weighted by Crippen LogP contribution is 2.37. The molecule has 0 unspecified atom stereocenters. The number of rotatable bonds is 4. The first-order valence-corrected chi connectivity index (χ1v) is 9.72. The van der Waals surface area contributed by atoms with E-state index in [4.69, 9.17) is 32.7 Å². The molecule has 32 heavy (non-hydrogen) atoms. The summed E-state index contributed by atoms with van der Waals surface area (Å²) < 4.78 is 48.9. The van der Waals surface area contributed by atoms with Crippen LogP contribution in [0.25, 0.3) is 0 Å². The van der Waals surface area contributed by atoms with E-state index in [1.807, 2.05) is 18.3 Å². The Morgan fingerprint density at radius 3 is 2.31 bits per heavy atom. The topological polar surface area (TPSA) is 64.6 Å². The number of aryl methyl sites for hydroxylation is 1. The van der Waals surface area contributed by atoms with Crippen LogP contribution in [-0.2, 0) is 6.18 Å². The number of alkyl halides is 3. The molecule has 0 aliphatic heterocycles. The molecule has 2 amide bonds. The SMILES string of the molecule is Cc1cccc(OC(=O)NC(=O)c2cc(Oc3ccc(C(F)(F)F)cc3Cl)ccc2Cl)c1. The summed E-state index contributed by atoms with van der Waals surface area (Å²) in [4.78, 5) is 24.5. The molecule has 0 saturated carbocycles. The number of halogens is 5. The van der Waals surface area contributed by atoms with Gasteiger partial charge < -0.3 is 9.47 Å². The fourth-order valence-corrected chi connectivity index (χ4v) is 3.02. The molecular weight excluding hydrogens is 470 g/mol. The van der Waals surface area contributed by atoms with Gasteiger partial charge in [-0.2, -0.15) is 13.2 Å². The maximum absolute atomic E-state index is 12.8. The van der Waals surface area contributed by atoms with Crippen LogP contribution in [0.15, 0.2) is 60.7 Å². The van der Waals surface area contributed by atoms with Crippen molar-refractivity contribution in [1.82, 2.24) is 5.32 Å². The smallest absolute Gasteiger partial charge is 0.419 e. The van der Waals surface area contributed by atoms with Gasteiger partial charge in [0.1, 0.15) is 17.2 Å². The molecule has 1 N–H and O–H groups in total. The van der Waals surface area contributed by atoms with Gasteiger partial charge in [-0.1, -0.05) is 35.3 Å². The zero-order chi connectivity index (χ0) is 23.5. The minimum Gasteiger partial charge on any atom is -0.456 e. The molecule has 0 heterocycles. The van der Waals surface area contributed by atoms with Crippen LogP contribution in [0.5, 0.6) is 17.2 Å². The fourth-order valence-electron chi connectivity index (χ4n) is 2.60. The molecule has 0 aromatic heterocycles. The predicted molar refractivity (Wildman–Crippen MR) is 113 cm³/mol. The summed E-state index contributed by atoms with van der Waals surface area (Å²) in [7, 11) is 0. The van der Waals surface area contributed by atoms with Gasteiger partial charge in [0.15, 0.2) is 0 Å². The Labute approximate surface area is 190 Å². The summed E-state index contributed by atoms with van der Waals surface area (Å²) in [5.41, 5.74) is -0.192. The van der Waals surface area contributed by atoms with E-state index in [9.17, 15) is 22.8 Å². The van der Waals surface area contributed by atoms with Crippen LogP contribution in [0.1, 0.15) is 21.5 Å². The van der Waals surface area contributed by atoms with E-state index in [2.05, 4.69) is 0 Å². The number of amides is 2. The van der Waals surface area contributed by atoms with Crippen LogP contribution in [0.3, 0.4) is 0 Å². The van der Waals surface area contributed by atoms with Gasteiger partial charge in [-0.25, -0.2) is 4.79 Å². The standard InChI is InChI=1S/C22H14Cl2F3NO4/c1-12-3-2-4-14(9-12)32-21(30)28-20(29)16-11-15(6-7-17(16)23)31-19-8-5-13(10-18(19)24)22(25,26)27/h2-11H,1H3,(H,28,29,30). The average molecular weight is 484 g/mol. The second kappa shape index (κ2) is 9.50. The summed E-state index contributed by atoms with van der Waals surface area (Å²) in [5.74, 6) is -0.618. The number of carbonyl (C=O) groups excluding carboxylic acids is 2. The summed E-state index contributed by atoms with van der Waals surface area (Å²) >= 11 is 11.9. The largest absolute Gasteiger partial charge is 0.456 e. The van der Waals surface area contributed by atoms with E-state index in [1.165, 1.54) is 18.2 Å². The molecule has 0 aliphatic carbocycles. The molecular formula is C22H14Cl2F3NO4. The minimum absolute atomic E-state index is 0.0109. The molecule has 0 spiro atoms. The van der Waals surface area contributed by atoms with Gasteiger partial charge in [0, 0.05) is 0 Å². The van der Waals surface area contributed by atoms with Gasteiger partial charge >= 0.3 is 12.3 Å². The molecule has 0 fully saturated rings. The Hall–Kier alpha value is -3.23. The van der Waals surface area contributed by atoms with Crippen molar-refractivity contribution in [2.24, 2.45) is 0 Å². The molecule has 0 atom stereocenters. The molecule has 0 bridgehead atoms. The van der Waals surface area contributed by atoms with Crippen LogP contribution >= 0.6 is 23.2 Å². The number of imide groups is 1. The van der Waals surface area contributed by atoms with Crippen molar-refractivity contribution in [2.75, 3.05) is 0 Å². The first kappa shape index (κ1) is 23.4. The van der Waals surface area contributed by atoms with Crippen molar-refractivity contribution in [3.05, 3.63) is 87.4 Å². The number of carbonyl (C=O) groups is 2. The monoisotopic (exact) mass is 483 g/mol. The van der Waals surface area contributed by atoms with E-state index < -0.39 is 23.7 Å². The van der Waals surface area contributed by atoms with E-state index in [1.54, 1.807) is 18.2 Å². The van der Waals surface area contributed by atoms with Crippen LogP contribution in [0.2, 0.25) is 10.0 Å². The second-order valence-corrected chi connectivity index (χ2v) is 7.36. The number of hydrogen-bond donors (Lipinski definition) is 1. The molecule has 0 saturated heterocycles. The molecule has 166 valence electrons. The highest BCUT2D eigenvalue weighted by atomic mass is 35.5. The zero-order valence-corrected chi connectivity index (χ0v) is 17.8. The van der Waals surface area contributed by atoms with Crippen molar-refractivity contribution in [2.45, 2.75) is 13.1 Å². The van der Waals surface area contributed by atoms with Crippen LogP contribution < -0.4 is 14.8 Å². The highest BCUT2D eigenvalue weighted by molar-refractivity contribution is 6.34. The molecule has 0 radical (unpaired) electrons. The van der Waals surface area contributed by atoms with Gasteiger partial charge in [0.05, 0.1) is 21.2 Å². The van der Waals surface area contributed by atoms with E-state index >= 15 is 0 Å². The lowest BCUT2D eigenvalue weighted by Gasteiger charge is -2.12. The van der Waals surface area contributed by atoms with E-state index in [-0.39, 0.29) is 32.9 Å². The maximum atomic E-state index is 12.8. The number of nitrogens with one attached hydrogen (secondary N) is 1. The van der Waals surface area contributed by atoms with Crippen LogP contribution in [-0.4, -0.2) is 12.0 Å². The van der Waals surface area contributed by atoms with Gasteiger partial charge in [-0.3, -0.25) is 10.1 Å². The van der Waals surface area contributed by atoms with Gasteiger partial charge in [0.25, 0.3) is 5.91 Å². The third-order valence-electron chi connectivity index (χ3n) is 4.09. The quantitative estimate of drug-likeness (QED) is 0.432. The second-order valence-electron chi connectivity index (χ2n) is 6.55. The van der Waals surface area contributed by atoms with Gasteiger partial charge in [-0.05, 0) is 61.0 Å². The predicted octanol–water partition coefficient (Wildman–Crippen LogP) is 7.04. The third kappa shape index (κ3) is 5.93. The third-order valence-corrected chi connectivity index (χ3v) is 4.71. The minimum atomic E-state index is -4.55. The Morgan fingerprint density at radius 2 is 1.66 bits per heavy atom. The van der Waals surface area contributed by atoms with Crippen LogP contribution in [0, 0.1) is 6.92 Å². The average Bonchev–Trinajstić information content (AvgIpc) is 2.70. The van der Waals surface area contributed by atoms with Crippen molar-refractivity contribution >= 4 is 35.2 Å². The van der Waals surface area contributed by atoms with Crippen molar-refractivity contribution in [1.29, 1.82) is 0 Å². The summed E-state index contributed by atoms with van der Waals surface area (Å²) in [6, 6.07) is 13.2. The number of ether oxygens (including phenoxy) is 2. The molecule has 3 aromatic carbocycles. The molecule has 3 aromatic rings. The number of benzene rings is 3. The van der Waals surface area contributed by atoms with Crippen molar-refractivity contribution in [3.8, 4) is 17.2 Å². The Balaban J connectivity index is 1.74. The van der Waals surface area contributed by atoms with E-state index in [0.29, 0.717) is 0 Å². The number of hydrogen-bond acceptors (Lipinski definition) is 4. The molecule has 3 rings (SSSR count). The highest BCUT2D eigenvalue weighted by Gasteiger charge is 2.31. The van der Waals surface area contributed by atoms with Crippen LogP contribution in [0.4, 0.5) is 18.0 Å². The first-order valence-electron chi connectivity index (χ1n) is 8.97. The molecule has 0 aliphatic rings. The van der Waals surface area contributed by atoms with Crippen molar-refractivity contribution in [3.63, 3.8) is 0 Å². The lowest BCUT2D eigenvalue weighted by atomic mass is 10.2. The summed E-state index contributed by atoms with van der Waals surface area (Å²) in [6.07, 6.45) is -5.57. The van der Waals surface area contributed by atoms with Gasteiger partial charge in [-0.15, -0.1) is 0 Å². The van der Waals surface area contributed by atoms with Crippen molar-refractivity contribution < 1.29 is 32.2 Å². The first-order chi connectivity index (χ1) is 15.0. The normalized spacial score (nSPS) is 11.1. The lowest BCUT2D eigenvalue weighted by molar-refractivity contribution is -0.137.